The van der Waals surface area contributed by atoms with Crippen LogP contribution in [0.2, 0.25) is 0 Å². The van der Waals surface area contributed by atoms with E-state index in [-0.39, 0.29) is 41.2 Å². The number of rotatable bonds is 3. The Balaban J connectivity index is 1.75. The van der Waals surface area contributed by atoms with Gasteiger partial charge >= 0.3 is 0 Å². The number of aliphatic hydroxyl groups excluding tert-OH is 2. The predicted octanol–water partition coefficient (Wildman–Crippen LogP) is 1.62. The van der Waals surface area contributed by atoms with E-state index in [9.17, 15) is 24.6 Å². The van der Waals surface area contributed by atoms with Gasteiger partial charge in [0.05, 0.1) is 6.10 Å². The van der Waals surface area contributed by atoms with Crippen molar-refractivity contribution < 1.29 is 24.6 Å². The van der Waals surface area contributed by atoms with E-state index >= 15 is 0 Å². The zero-order valence-electron chi connectivity index (χ0n) is 15.1. The summed E-state index contributed by atoms with van der Waals surface area (Å²) in [4.78, 5) is 36.3. The van der Waals surface area contributed by atoms with Crippen molar-refractivity contribution in [1.82, 2.24) is 0 Å². The highest BCUT2D eigenvalue weighted by atomic mass is 16.3. The number of allylic oxidation sites excluding steroid dienone is 4. The number of hydrogen-bond acceptors (Lipinski definition) is 5. The molecule has 0 unspecified atom stereocenters. The number of fused-ring (bicyclic) bond motifs is 5. The Morgan fingerprint density at radius 3 is 2.81 bits per heavy atom. The summed E-state index contributed by atoms with van der Waals surface area (Å²) in [5.41, 5.74) is -0.152. The van der Waals surface area contributed by atoms with Crippen molar-refractivity contribution in [1.29, 1.82) is 0 Å². The first-order valence-corrected chi connectivity index (χ1v) is 9.59. The molecule has 26 heavy (non-hydrogen) atoms. The number of hydrogen-bond donors (Lipinski definition) is 2. The van der Waals surface area contributed by atoms with Crippen LogP contribution in [0.4, 0.5) is 0 Å². The van der Waals surface area contributed by atoms with E-state index < -0.39 is 24.0 Å². The third-order valence-electron chi connectivity index (χ3n) is 7.87. The van der Waals surface area contributed by atoms with Crippen LogP contribution in [0.15, 0.2) is 23.8 Å². The molecule has 140 valence electrons. The van der Waals surface area contributed by atoms with E-state index in [1.165, 1.54) is 0 Å². The third kappa shape index (κ3) is 2.20. The van der Waals surface area contributed by atoms with Crippen molar-refractivity contribution in [2.24, 2.45) is 34.5 Å². The standard InChI is InChI=1S/C21H26O5/c1-20-7-6-13(24)8-12(20)2-3-14-15-4-5-16(18(26)10-22)21(15,11-23)9-17(25)19(14)20/h6-8,11,14-17,19,22,25H,2-5,9-10H2,1H3/t14-,15+,16+,17-,19-,20-,21+/m0/s1. The second-order valence-electron chi connectivity index (χ2n) is 8.78. The average Bonchev–Trinajstić information content (AvgIpc) is 3.00. The molecule has 0 aliphatic heterocycles. The molecule has 3 saturated carbocycles. The summed E-state index contributed by atoms with van der Waals surface area (Å²) < 4.78 is 0. The van der Waals surface area contributed by atoms with E-state index in [4.69, 9.17) is 0 Å². The van der Waals surface area contributed by atoms with Gasteiger partial charge in [-0.25, -0.2) is 0 Å². The van der Waals surface area contributed by atoms with Crippen molar-refractivity contribution in [2.75, 3.05) is 6.61 Å². The van der Waals surface area contributed by atoms with Gasteiger partial charge in [-0.1, -0.05) is 18.6 Å². The van der Waals surface area contributed by atoms with Crippen LogP contribution in [0.1, 0.15) is 39.0 Å². The van der Waals surface area contributed by atoms with Gasteiger partial charge in [0.2, 0.25) is 0 Å². The molecule has 0 saturated heterocycles. The fraction of sp³-hybridized carbons (Fsp3) is 0.667. The summed E-state index contributed by atoms with van der Waals surface area (Å²) in [6, 6.07) is 0. The van der Waals surface area contributed by atoms with E-state index in [1.807, 2.05) is 6.08 Å². The minimum atomic E-state index is -0.855. The summed E-state index contributed by atoms with van der Waals surface area (Å²) in [7, 11) is 0. The normalized spacial score (nSPS) is 46.8. The first kappa shape index (κ1) is 17.8. The van der Waals surface area contributed by atoms with Crippen molar-refractivity contribution in [3.8, 4) is 0 Å². The molecule has 0 aromatic heterocycles. The Bertz CT molecular complexity index is 722. The number of carbonyl (C=O) groups is 3. The maximum atomic E-state index is 12.3. The van der Waals surface area contributed by atoms with Crippen LogP contribution < -0.4 is 0 Å². The van der Waals surface area contributed by atoms with Crippen molar-refractivity contribution in [3.63, 3.8) is 0 Å². The zero-order chi connectivity index (χ0) is 18.7. The third-order valence-corrected chi connectivity index (χ3v) is 7.87. The van der Waals surface area contributed by atoms with Crippen LogP contribution in [-0.4, -0.2) is 40.8 Å². The quantitative estimate of drug-likeness (QED) is 0.748. The molecule has 4 rings (SSSR count). The molecule has 0 spiro atoms. The molecule has 2 N–H and O–H groups in total. The second kappa shape index (κ2) is 5.96. The average molecular weight is 358 g/mol. The van der Waals surface area contributed by atoms with Crippen LogP contribution in [-0.2, 0) is 14.4 Å². The summed E-state index contributed by atoms with van der Waals surface area (Å²) in [6.45, 7) is 1.54. The van der Waals surface area contributed by atoms with Crippen LogP contribution in [0.3, 0.4) is 0 Å². The number of Topliss-reactive ketones (excluding diaryl/α,β-unsaturated/α-hetero) is 1. The minimum Gasteiger partial charge on any atom is -0.393 e. The number of aliphatic hydroxyl groups is 2. The Hall–Kier alpha value is -1.59. The van der Waals surface area contributed by atoms with Crippen LogP contribution in [0, 0.1) is 34.5 Å². The second-order valence-corrected chi connectivity index (χ2v) is 8.78. The smallest absolute Gasteiger partial charge is 0.178 e. The molecule has 4 aliphatic carbocycles. The van der Waals surface area contributed by atoms with Gasteiger partial charge in [-0.2, -0.15) is 0 Å². The fourth-order valence-electron chi connectivity index (χ4n) is 6.81. The number of ketones is 2. The highest BCUT2D eigenvalue weighted by molar-refractivity contribution is 6.01. The first-order valence-electron chi connectivity index (χ1n) is 9.59. The van der Waals surface area contributed by atoms with Gasteiger partial charge in [-0.05, 0) is 56.1 Å². The van der Waals surface area contributed by atoms with Gasteiger partial charge in [0.1, 0.15) is 12.9 Å². The van der Waals surface area contributed by atoms with E-state index in [1.54, 1.807) is 12.2 Å². The largest absolute Gasteiger partial charge is 0.393 e. The molecule has 4 aliphatic rings. The van der Waals surface area contributed by atoms with Gasteiger partial charge in [-0.15, -0.1) is 0 Å². The Labute approximate surface area is 153 Å². The van der Waals surface area contributed by atoms with Gasteiger partial charge in [0, 0.05) is 22.7 Å². The summed E-state index contributed by atoms with van der Waals surface area (Å²) in [5, 5.41) is 20.4. The molecular weight excluding hydrogens is 332 g/mol. The van der Waals surface area contributed by atoms with E-state index in [0.29, 0.717) is 6.42 Å². The maximum absolute atomic E-state index is 12.3. The van der Waals surface area contributed by atoms with Gasteiger partial charge in [-0.3, -0.25) is 9.59 Å². The summed E-state index contributed by atoms with van der Waals surface area (Å²) in [5.74, 6) is -0.626. The highest BCUT2D eigenvalue weighted by Gasteiger charge is 2.64. The van der Waals surface area contributed by atoms with Crippen molar-refractivity contribution in [2.45, 2.75) is 45.1 Å². The molecule has 5 nitrogen and oxygen atoms in total. The Morgan fingerprint density at radius 2 is 2.12 bits per heavy atom. The lowest BCUT2D eigenvalue weighted by Crippen LogP contribution is -2.57. The summed E-state index contributed by atoms with van der Waals surface area (Å²) >= 11 is 0. The summed E-state index contributed by atoms with van der Waals surface area (Å²) in [6.07, 6.45) is 8.68. The lowest BCUT2D eigenvalue weighted by molar-refractivity contribution is -0.153. The van der Waals surface area contributed by atoms with E-state index in [2.05, 4.69) is 6.92 Å². The molecule has 0 bridgehead atoms. The minimum absolute atomic E-state index is 0.00191. The molecule has 0 heterocycles. The molecule has 0 amide bonds. The lowest BCUT2D eigenvalue weighted by atomic mass is 9.46. The highest BCUT2D eigenvalue weighted by Crippen LogP contribution is 2.65. The Morgan fingerprint density at radius 1 is 1.35 bits per heavy atom. The molecule has 0 aromatic carbocycles. The lowest BCUT2D eigenvalue weighted by Gasteiger charge is -2.58. The fourth-order valence-corrected chi connectivity index (χ4v) is 6.81. The molecule has 5 heteroatoms. The molecule has 0 aromatic rings. The Kier molecular flexibility index (Phi) is 4.08. The van der Waals surface area contributed by atoms with E-state index in [0.717, 1.165) is 31.1 Å². The van der Waals surface area contributed by atoms with Crippen molar-refractivity contribution in [3.05, 3.63) is 23.8 Å². The molecular formula is C21H26O5. The molecule has 7 atom stereocenters. The predicted molar refractivity (Wildman–Crippen MR) is 94.0 cm³/mol. The molecule has 0 radical (unpaired) electrons. The van der Waals surface area contributed by atoms with Gasteiger partial charge in [0.25, 0.3) is 0 Å². The zero-order valence-corrected chi connectivity index (χ0v) is 15.1. The van der Waals surface area contributed by atoms with Crippen LogP contribution in [0.5, 0.6) is 0 Å². The van der Waals surface area contributed by atoms with Crippen LogP contribution >= 0.6 is 0 Å². The number of aldehydes is 1. The first-order chi connectivity index (χ1) is 12.4. The molecule has 3 fully saturated rings. The van der Waals surface area contributed by atoms with Gasteiger partial charge in [0.15, 0.2) is 11.6 Å². The van der Waals surface area contributed by atoms with Crippen LogP contribution in [0.25, 0.3) is 0 Å². The maximum Gasteiger partial charge on any atom is 0.178 e. The van der Waals surface area contributed by atoms with Gasteiger partial charge < -0.3 is 15.0 Å². The SMILES string of the molecule is C[C@]12C=CC(=O)C=C1CC[C@@H]1[C@H]2[C@@H](O)C[C@]2(C=O)[C@@H](C(=O)CO)CC[C@H]12. The van der Waals surface area contributed by atoms with Crippen molar-refractivity contribution >= 4 is 17.9 Å². The monoisotopic (exact) mass is 358 g/mol. The number of carbonyl (C=O) groups excluding carboxylic acids is 3. The topological polar surface area (TPSA) is 91.7 Å².